The maximum Gasteiger partial charge on any atom is 0.269 e. The Bertz CT molecular complexity index is 501. The van der Waals surface area contributed by atoms with E-state index in [-0.39, 0.29) is 34.6 Å². The van der Waals surface area contributed by atoms with Gasteiger partial charge in [0.2, 0.25) is 0 Å². The Balaban J connectivity index is 0.00000242. The number of non-ortho nitro benzene ring substituents is 1. The molecule has 0 aromatic heterocycles. The molecule has 1 aromatic rings. The molecule has 122 valence electrons. The first-order valence-electron chi connectivity index (χ1n) is 7.47. The van der Waals surface area contributed by atoms with E-state index in [4.69, 9.17) is 0 Å². The molecule has 2 rings (SSSR count). The van der Waals surface area contributed by atoms with Crippen LogP contribution in [0.2, 0.25) is 0 Å². The smallest absolute Gasteiger partial charge is 0.269 e. The summed E-state index contributed by atoms with van der Waals surface area (Å²) >= 11 is 0. The summed E-state index contributed by atoms with van der Waals surface area (Å²) in [5, 5.41) is 17.3. The maximum absolute atomic E-state index is 10.6. The fourth-order valence-corrected chi connectivity index (χ4v) is 1.85. The summed E-state index contributed by atoms with van der Waals surface area (Å²) < 4.78 is 0. The van der Waals surface area contributed by atoms with Crippen LogP contribution in [-0.4, -0.2) is 23.5 Å². The van der Waals surface area contributed by atoms with E-state index in [1.54, 1.807) is 12.1 Å². The number of hydrogen-bond donors (Lipinski definition) is 2. The summed E-state index contributed by atoms with van der Waals surface area (Å²) in [5.41, 5.74) is 1.08. The lowest BCUT2D eigenvalue weighted by molar-refractivity contribution is -0.384. The van der Waals surface area contributed by atoms with Crippen molar-refractivity contribution in [3.8, 4) is 0 Å². The molecule has 1 aromatic carbocycles. The predicted molar refractivity (Wildman–Crippen MR) is 98.7 cm³/mol. The highest BCUT2D eigenvalue weighted by Gasteiger charge is 2.22. The van der Waals surface area contributed by atoms with Crippen LogP contribution in [-0.2, 0) is 6.54 Å². The Morgan fingerprint density at radius 3 is 2.59 bits per heavy atom. The zero-order valence-electron chi connectivity index (χ0n) is 12.7. The minimum atomic E-state index is -0.389. The van der Waals surface area contributed by atoms with Gasteiger partial charge in [0.1, 0.15) is 0 Å². The molecule has 2 N–H and O–H groups in total. The minimum Gasteiger partial charge on any atom is -0.356 e. The molecule has 1 aliphatic rings. The highest BCUT2D eigenvalue weighted by atomic mass is 127. The third-order valence-electron chi connectivity index (χ3n) is 3.31. The van der Waals surface area contributed by atoms with Gasteiger partial charge in [-0.15, -0.1) is 24.0 Å². The van der Waals surface area contributed by atoms with Crippen LogP contribution in [0.25, 0.3) is 0 Å². The Morgan fingerprint density at radius 1 is 1.36 bits per heavy atom. The van der Waals surface area contributed by atoms with Gasteiger partial charge in [0.25, 0.3) is 5.69 Å². The third-order valence-corrected chi connectivity index (χ3v) is 3.31. The summed E-state index contributed by atoms with van der Waals surface area (Å²) in [6.07, 6.45) is 4.66. The molecule has 0 atom stereocenters. The predicted octanol–water partition coefficient (Wildman–Crippen LogP) is 3.21. The Hall–Kier alpha value is -1.38. The number of nitro groups is 1. The fraction of sp³-hybridized carbons (Fsp3) is 0.533. The molecule has 7 heteroatoms. The van der Waals surface area contributed by atoms with E-state index < -0.39 is 0 Å². The largest absolute Gasteiger partial charge is 0.356 e. The van der Waals surface area contributed by atoms with Gasteiger partial charge in [0, 0.05) is 24.7 Å². The van der Waals surface area contributed by atoms with E-state index in [2.05, 4.69) is 22.5 Å². The lowest BCUT2D eigenvalue weighted by Gasteiger charge is -2.11. The molecular weight excluding hydrogens is 395 g/mol. The van der Waals surface area contributed by atoms with Crippen LogP contribution in [0.3, 0.4) is 0 Å². The van der Waals surface area contributed by atoms with Crippen LogP contribution in [0.5, 0.6) is 0 Å². The summed E-state index contributed by atoms with van der Waals surface area (Å²) in [5.74, 6) is 0.837. The van der Waals surface area contributed by atoms with E-state index in [9.17, 15) is 10.1 Å². The number of nitrogens with one attached hydrogen (secondary N) is 2. The van der Waals surface area contributed by atoms with E-state index in [0.717, 1.165) is 30.9 Å². The van der Waals surface area contributed by atoms with Gasteiger partial charge in [0.05, 0.1) is 11.5 Å². The number of unbranched alkanes of at least 4 members (excludes halogenated alkanes) is 1. The quantitative estimate of drug-likeness (QED) is 0.178. The lowest BCUT2D eigenvalue weighted by atomic mass is 10.2. The van der Waals surface area contributed by atoms with Crippen molar-refractivity contribution >= 4 is 35.6 Å². The molecule has 1 aliphatic carbocycles. The second kappa shape index (κ2) is 9.60. The van der Waals surface area contributed by atoms with Crippen LogP contribution in [0.4, 0.5) is 5.69 Å². The van der Waals surface area contributed by atoms with Gasteiger partial charge in [0.15, 0.2) is 5.96 Å². The van der Waals surface area contributed by atoms with Gasteiger partial charge in [-0.3, -0.25) is 10.1 Å². The van der Waals surface area contributed by atoms with E-state index in [1.807, 2.05) is 0 Å². The first-order valence-corrected chi connectivity index (χ1v) is 7.47. The summed E-state index contributed by atoms with van der Waals surface area (Å²) in [7, 11) is 0. The van der Waals surface area contributed by atoms with E-state index in [1.165, 1.54) is 25.0 Å². The lowest BCUT2D eigenvalue weighted by Crippen LogP contribution is -2.39. The monoisotopic (exact) mass is 418 g/mol. The number of halogens is 1. The molecule has 0 heterocycles. The molecular formula is C15H23IN4O2. The minimum absolute atomic E-state index is 0. The highest BCUT2D eigenvalue weighted by Crippen LogP contribution is 2.18. The van der Waals surface area contributed by atoms with Crippen LogP contribution in [0.15, 0.2) is 29.3 Å². The molecule has 0 unspecified atom stereocenters. The zero-order valence-corrected chi connectivity index (χ0v) is 15.1. The van der Waals surface area contributed by atoms with Crippen molar-refractivity contribution in [2.24, 2.45) is 4.99 Å². The van der Waals surface area contributed by atoms with Gasteiger partial charge in [-0.2, -0.15) is 0 Å². The van der Waals surface area contributed by atoms with Crippen molar-refractivity contribution in [1.29, 1.82) is 0 Å². The van der Waals surface area contributed by atoms with Gasteiger partial charge >= 0.3 is 0 Å². The van der Waals surface area contributed by atoms with Crippen molar-refractivity contribution in [3.05, 3.63) is 39.9 Å². The molecule has 22 heavy (non-hydrogen) atoms. The van der Waals surface area contributed by atoms with Crippen molar-refractivity contribution in [3.63, 3.8) is 0 Å². The van der Waals surface area contributed by atoms with Crippen molar-refractivity contribution in [2.45, 2.75) is 45.2 Å². The molecule has 0 aliphatic heterocycles. The number of rotatable bonds is 7. The molecule has 0 amide bonds. The molecule has 0 spiro atoms. The number of guanidine groups is 1. The average Bonchev–Trinajstić information content (AvgIpc) is 3.29. The normalized spacial score (nSPS) is 14.1. The summed E-state index contributed by atoms with van der Waals surface area (Å²) in [6, 6.07) is 7.09. The van der Waals surface area contributed by atoms with Gasteiger partial charge in [-0.25, -0.2) is 4.99 Å². The van der Waals surface area contributed by atoms with Crippen LogP contribution < -0.4 is 10.6 Å². The second-order valence-corrected chi connectivity index (χ2v) is 5.29. The number of benzene rings is 1. The molecule has 1 saturated carbocycles. The molecule has 0 radical (unpaired) electrons. The number of nitro benzene ring substituents is 1. The van der Waals surface area contributed by atoms with Gasteiger partial charge in [-0.1, -0.05) is 25.5 Å². The SMILES string of the molecule is CCCCNC(=NCc1ccc([N+](=O)[O-])cc1)NC1CC1.I. The van der Waals surface area contributed by atoms with Crippen molar-refractivity contribution in [1.82, 2.24) is 10.6 Å². The standard InChI is InChI=1S/C15H22N4O2.HI/c1-2-3-10-16-15(18-13-6-7-13)17-11-12-4-8-14(9-5-12)19(20)21;/h4-5,8-9,13H,2-3,6-7,10-11H2,1H3,(H2,16,17,18);1H. The fourth-order valence-electron chi connectivity index (χ4n) is 1.85. The third kappa shape index (κ3) is 6.59. The molecule has 0 saturated heterocycles. The van der Waals surface area contributed by atoms with Crippen molar-refractivity contribution < 1.29 is 4.92 Å². The second-order valence-electron chi connectivity index (χ2n) is 5.29. The number of nitrogens with zero attached hydrogens (tertiary/aromatic N) is 2. The van der Waals surface area contributed by atoms with Crippen LogP contribution in [0, 0.1) is 10.1 Å². The highest BCUT2D eigenvalue weighted by molar-refractivity contribution is 14.0. The van der Waals surface area contributed by atoms with E-state index >= 15 is 0 Å². The molecule has 6 nitrogen and oxygen atoms in total. The van der Waals surface area contributed by atoms with Crippen LogP contribution in [0.1, 0.15) is 38.2 Å². The zero-order chi connectivity index (χ0) is 15.1. The Kier molecular flexibility index (Phi) is 8.15. The molecule has 1 fully saturated rings. The Labute approximate surface area is 148 Å². The van der Waals surface area contributed by atoms with Gasteiger partial charge < -0.3 is 10.6 Å². The maximum atomic E-state index is 10.6. The summed E-state index contributed by atoms with van der Waals surface area (Å²) in [4.78, 5) is 14.8. The Morgan fingerprint density at radius 2 is 2.05 bits per heavy atom. The van der Waals surface area contributed by atoms with E-state index in [0.29, 0.717) is 12.6 Å². The molecule has 0 bridgehead atoms. The number of aliphatic imine (C=N–C) groups is 1. The van der Waals surface area contributed by atoms with Crippen molar-refractivity contribution in [2.75, 3.05) is 6.54 Å². The topological polar surface area (TPSA) is 79.6 Å². The summed E-state index contributed by atoms with van der Waals surface area (Å²) in [6.45, 7) is 3.59. The van der Waals surface area contributed by atoms with Gasteiger partial charge in [-0.05, 0) is 24.8 Å². The average molecular weight is 418 g/mol. The van der Waals surface area contributed by atoms with Crippen LogP contribution >= 0.6 is 24.0 Å². The first-order chi connectivity index (χ1) is 10.2. The first kappa shape index (κ1) is 18.7. The number of hydrogen-bond acceptors (Lipinski definition) is 3.